The van der Waals surface area contributed by atoms with Crippen LogP contribution in [0.4, 0.5) is 13.2 Å². The van der Waals surface area contributed by atoms with Crippen LogP contribution in [-0.2, 0) is 10.9 Å². The third kappa shape index (κ3) is 2.86. The SMILES string of the molecule is COC(=O)c1cnn(-c2ccc(C#N)c(C(F)(F)F)c2)c1. The van der Waals surface area contributed by atoms with Gasteiger partial charge in [0.15, 0.2) is 0 Å². The molecule has 1 aromatic heterocycles. The van der Waals surface area contributed by atoms with Crippen LogP contribution in [0.2, 0.25) is 0 Å². The third-order valence-electron chi connectivity index (χ3n) is 2.70. The minimum Gasteiger partial charge on any atom is -0.465 e. The fourth-order valence-electron chi connectivity index (χ4n) is 1.69. The number of hydrogen-bond donors (Lipinski definition) is 0. The fraction of sp³-hybridized carbons (Fsp3) is 0.154. The molecule has 0 bridgehead atoms. The average molecular weight is 295 g/mol. The first-order valence-corrected chi connectivity index (χ1v) is 5.61. The van der Waals surface area contributed by atoms with E-state index in [4.69, 9.17) is 5.26 Å². The standard InChI is InChI=1S/C13H8F3N3O2/c1-21-12(20)9-6-18-19(7-9)10-3-2-8(5-17)11(4-10)13(14,15)16/h2-4,6-7H,1H3. The number of alkyl halides is 3. The Hall–Kier alpha value is -2.82. The first kappa shape index (κ1) is 14.6. The Labute approximate surface area is 117 Å². The number of nitrogens with zero attached hydrogens (tertiary/aromatic N) is 3. The van der Waals surface area contributed by atoms with Gasteiger partial charge in [0.25, 0.3) is 0 Å². The molecule has 2 rings (SSSR count). The molecule has 0 N–H and O–H groups in total. The predicted molar refractivity (Wildman–Crippen MR) is 64.6 cm³/mol. The second-order valence-corrected chi connectivity index (χ2v) is 4.00. The van der Waals surface area contributed by atoms with Gasteiger partial charge in [-0.05, 0) is 18.2 Å². The van der Waals surface area contributed by atoms with Crippen molar-refractivity contribution in [1.82, 2.24) is 9.78 Å². The number of nitriles is 1. The number of halogens is 3. The number of carbonyl (C=O) groups is 1. The van der Waals surface area contributed by atoms with Gasteiger partial charge in [-0.1, -0.05) is 0 Å². The van der Waals surface area contributed by atoms with Crippen molar-refractivity contribution in [2.24, 2.45) is 0 Å². The van der Waals surface area contributed by atoms with Crippen molar-refractivity contribution in [1.29, 1.82) is 5.26 Å². The van der Waals surface area contributed by atoms with Gasteiger partial charge >= 0.3 is 12.1 Å². The lowest BCUT2D eigenvalue weighted by atomic mass is 10.1. The second-order valence-electron chi connectivity index (χ2n) is 4.00. The van der Waals surface area contributed by atoms with E-state index in [-0.39, 0.29) is 11.3 Å². The van der Waals surface area contributed by atoms with Crippen molar-refractivity contribution < 1.29 is 22.7 Å². The summed E-state index contributed by atoms with van der Waals surface area (Å²) in [5.41, 5.74) is -1.35. The smallest absolute Gasteiger partial charge is 0.417 e. The van der Waals surface area contributed by atoms with Crippen molar-refractivity contribution in [2.45, 2.75) is 6.18 Å². The molecule has 0 spiro atoms. The van der Waals surface area contributed by atoms with Crippen LogP contribution in [0.3, 0.4) is 0 Å². The van der Waals surface area contributed by atoms with Gasteiger partial charge in [0, 0.05) is 6.20 Å². The predicted octanol–water partition coefficient (Wildman–Crippen LogP) is 2.55. The van der Waals surface area contributed by atoms with E-state index in [2.05, 4.69) is 9.84 Å². The maximum atomic E-state index is 12.9. The number of aromatic nitrogens is 2. The molecule has 0 aliphatic heterocycles. The molecule has 0 aliphatic rings. The Morgan fingerprint density at radius 1 is 1.43 bits per heavy atom. The summed E-state index contributed by atoms with van der Waals surface area (Å²) < 4.78 is 44.2. The first-order valence-electron chi connectivity index (χ1n) is 5.61. The van der Waals surface area contributed by atoms with Crippen LogP contribution in [0.15, 0.2) is 30.6 Å². The zero-order chi connectivity index (χ0) is 15.6. The van der Waals surface area contributed by atoms with Crippen LogP contribution >= 0.6 is 0 Å². The molecule has 0 fully saturated rings. The Kier molecular flexibility index (Phi) is 3.67. The molecular formula is C13H8F3N3O2. The number of ether oxygens (including phenoxy) is 1. The molecule has 108 valence electrons. The number of hydrogen-bond acceptors (Lipinski definition) is 4. The lowest BCUT2D eigenvalue weighted by molar-refractivity contribution is -0.137. The molecule has 0 amide bonds. The summed E-state index contributed by atoms with van der Waals surface area (Å²) in [4.78, 5) is 11.3. The average Bonchev–Trinajstić information content (AvgIpc) is 2.94. The maximum absolute atomic E-state index is 12.9. The number of rotatable bonds is 2. The lowest BCUT2D eigenvalue weighted by Gasteiger charge is -2.10. The summed E-state index contributed by atoms with van der Waals surface area (Å²) >= 11 is 0. The van der Waals surface area contributed by atoms with E-state index in [1.165, 1.54) is 31.6 Å². The van der Waals surface area contributed by atoms with Gasteiger partial charge < -0.3 is 4.74 Å². The van der Waals surface area contributed by atoms with Gasteiger partial charge in [0.05, 0.1) is 41.8 Å². The van der Waals surface area contributed by atoms with Gasteiger partial charge in [0.1, 0.15) is 0 Å². The second kappa shape index (κ2) is 5.28. The minimum absolute atomic E-state index is 0.0801. The van der Waals surface area contributed by atoms with Crippen molar-refractivity contribution in [3.05, 3.63) is 47.3 Å². The van der Waals surface area contributed by atoms with Gasteiger partial charge in [-0.2, -0.15) is 23.5 Å². The molecule has 0 aliphatic carbocycles. The minimum atomic E-state index is -4.65. The quantitative estimate of drug-likeness (QED) is 0.798. The molecule has 2 aromatic rings. The molecule has 0 radical (unpaired) electrons. The van der Waals surface area contributed by atoms with Crippen LogP contribution in [-0.4, -0.2) is 22.9 Å². The zero-order valence-electron chi connectivity index (χ0n) is 10.7. The summed E-state index contributed by atoms with van der Waals surface area (Å²) in [5.74, 6) is -0.647. The van der Waals surface area contributed by atoms with Crippen LogP contribution in [0.25, 0.3) is 5.69 Å². The lowest BCUT2D eigenvalue weighted by Crippen LogP contribution is -2.09. The van der Waals surface area contributed by atoms with E-state index in [1.54, 1.807) is 0 Å². The molecule has 1 aromatic carbocycles. The van der Waals surface area contributed by atoms with Crippen molar-refractivity contribution in [3.63, 3.8) is 0 Å². The van der Waals surface area contributed by atoms with Crippen LogP contribution < -0.4 is 0 Å². The molecule has 0 saturated heterocycles. The summed E-state index contributed by atoms with van der Waals surface area (Å²) in [7, 11) is 1.18. The van der Waals surface area contributed by atoms with Crippen molar-refractivity contribution >= 4 is 5.97 Å². The number of methoxy groups -OCH3 is 1. The Bertz CT molecular complexity index is 729. The van der Waals surface area contributed by atoms with E-state index in [0.717, 1.165) is 16.8 Å². The van der Waals surface area contributed by atoms with Crippen LogP contribution in [0.5, 0.6) is 0 Å². The highest BCUT2D eigenvalue weighted by molar-refractivity contribution is 5.88. The van der Waals surface area contributed by atoms with E-state index < -0.39 is 23.3 Å². The number of esters is 1. The third-order valence-corrected chi connectivity index (χ3v) is 2.70. The fourth-order valence-corrected chi connectivity index (χ4v) is 1.69. The molecule has 1 heterocycles. The number of benzene rings is 1. The van der Waals surface area contributed by atoms with E-state index in [9.17, 15) is 18.0 Å². The molecular weight excluding hydrogens is 287 g/mol. The van der Waals surface area contributed by atoms with Gasteiger partial charge in [-0.3, -0.25) is 0 Å². The van der Waals surface area contributed by atoms with E-state index in [1.807, 2.05) is 0 Å². The Morgan fingerprint density at radius 3 is 2.71 bits per heavy atom. The first-order chi connectivity index (χ1) is 9.86. The van der Waals surface area contributed by atoms with Gasteiger partial charge in [-0.25, -0.2) is 9.48 Å². The van der Waals surface area contributed by atoms with Crippen LogP contribution in [0.1, 0.15) is 21.5 Å². The van der Waals surface area contributed by atoms with Crippen molar-refractivity contribution in [3.8, 4) is 11.8 Å². The topological polar surface area (TPSA) is 67.9 Å². The van der Waals surface area contributed by atoms with Crippen LogP contribution in [0, 0.1) is 11.3 Å². The molecule has 0 atom stereocenters. The Morgan fingerprint density at radius 2 is 2.14 bits per heavy atom. The monoisotopic (exact) mass is 295 g/mol. The van der Waals surface area contributed by atoms with Gasteiger partial charge in [0.2, 0.25) is 0 Å². The van der Waals surface area contributed by atoms with E-state index >= 15 is 0 Å². The maximum Gasteiger partial charge on any atom is 0.417 e. The van der Waals surface area contributed by atoms with Gasteiger partial charge in [-0.15, -0.1) is 0 Å². The summed E-state index contributed by atoms with van der Waals surface area (Å²) in [6.07, 6.45) is -2.23. The summed E-state index contributed by atoms with van der Waals surface area (Å²) in [5, 5.41) is 12.5. The molecule has 0 saturated carbocycles. The molecule has 5 nitrogen and oxygen atoms in total. The number of carbonyl (C=O) groups excluding carboxylic acids is 1. The highest BCUT2D eigenvalue weighted by atomic mass is 19.4. The molecule has 0 unspecified atom stereocenters. The zero-order valence-corrected chi connectivity index (χ0v) is 10.7. The molecule has 21 heavy (non-hydrogen) atoms. The van der Waals surface area contributed by atoms with E-state index in [0.29, 0.717) is 0 Å². The normalized spacial score (nSPS) is 11.0. The summed E-state index contributed by atoms with van der Waals surface area (Å²) in [6, 6.07) is 4.65. The van der Waals surface area contributed by atoms with Crippen molar-refractivity contribution in [2.75, 3.05) is 7.11 Å². The highest BCUT2D eigenvalue weighted by Crippen LogP contribution is 2.33. The highest BCUT2D eigenvalue weighted by Gasteiger charge is 2.34. The largest absolute Gasteiger partial charge is 0.465 e. The molecule has 8 heteroatoms. The summed E-state index contributed by atoms with van der Waals surface area (Å²) in [6.45, 7) is 0. The Balaban J connectivity index is 2.49.